The molecule has 2 aromatic rings. The Hall–Kier alpha value is -3.88. The van der Waals surface area contributed by atoms with Gasteiger partial charge in [0, 0.05) is 11.3 Å². The fraction of sp³-hybridized carbons (Fsp3) is 0.385. The molecule has 35 heavy (non-hydrogen) atoms. The van der Waals surface area contributed by atoms with E-state index in [1.54, 1.807) is 24.3 Å². The van der Waals surface area contributed by atoms with Gasteiger partial charge in [-0.2, -0.15) is 0 Å². The number of benzene rings is 2. The van der Waals surface area contributed by atoms with Gasteiger partial charge in [0.25, 0.3) is 11.8 Å². The van der Waals surface area contributed by atoms with Crippen molar-refractivity contribution in [1.82, 2.24) is 10.6 Å². The van der Waals surface area contributed by atoms with Crippen LogP contribution < -0.4 is 20.7 Å². The molecule has 0 unspecified atom stereocenters. The number of anilines is 1. The van der Waals surface area contributed by atoms with E-state index >= 15 is 0 Å². The van der Waals surface area contributed by atoms with Crippen molar-refractivity contribution < 1.29 is 28.7 Å². The zero-order valence-electron chi connectivity index (χ0n) is 20.7. The monoisotopic (exact) mass is 483 g/mol. The van der Waals surface area contributed by atoms with Gasteiger partial charge in [-0.3, -0.25) is 19.2 Å². The zero-order valence-corrected chi connectivity index (χ0v) is 20.7. The molecule has 0 bridgehead atoms. The van der Waals surface area contributed by atoms with E-state index in [9.17, 15) is 19.2 Å². The molecule has 0 aromatic heterocycles. The van der Waals surface area contributed by atoms with Crippen molar-refractivity contribution in [2.45, 2.75) is 40.5 Å². The molecule has 3 N–H and O–H groups in total. The van der Waals surface area contributed by atoms with Gasteiger partial charge in [-0.15, -0.1) is 0 Å². The molecule has 0 spiro atoms. The molecule has 9 nitrogen and oxygen atoms in total. The van der Waals surface area contributed by atoms with Crippen molar-refractivity contribution in [3.05, 3.63) is 58.7 Å². The minimum absolute atomic E-state index is 0.266. The number of carbonyl (C=O) groups is 4. The summed E-state index contributed by atoms with van der Waals surface area (Å²) in [6, 6.07) is 10.5. The minimum atomic E-state index is -0.775. The first-order valence-electron chi connectivity index (χ1n) is 11.5. The number of carbonyl (C=O) groups excluding carboxylic acids is 4. The number of nitrogens with one attached hydrogen (secondary N) is 3. The smallest absolute Gasteiger partial charge is 0.325 e. The lowest BCUT2D eigenvalue weighted by Crippen LogP contribution is -2.37. The second-order valence-electron chi connectivity index (χ2n) is 8.17. The minimum Gasteiger partial charge on any atom is -0.494 e. The molecule has 3 amide bonds. The molecule has 0 aliphatic rings. The van der Waals surface area contributed by atoms with E-state index in [0.717, 1.165) is 29.5 Å². The van der Waals surface area contributed by atoms with Crippen molar-refractivity contribution >= 4 is 29.4 Å². The molecule has 0 fully saturated rings. The van der Waals surface area contributed by atoms with Crippen molar-refractivity contribution in [1.29, 1.82) is 0 Å². The number of hydrogen-bond donors (Lipinski definition) is 3. The third-order valence-corrected chi connectivity index (χ3v) is 5.03. The molecule has 0 heterocycles. The first-order valence-corrected chi connectivity index (χ1v) is 11.5. The molecule has 0 aliphatic heterocycles. The van der Waals surface area contributed by atoms with Crippen LogP contribution in [-0.4, -0.2) is 50.0 Å². The zero-order chi connectivity index (χ0) is 25.8. The summed E-state index contributed by atoms with van der Waals surface area (Å²) < 4.78 is 10.4. The standard InChI is InChI=1S/C26H33N3O6/c1-5-6-11-34-21-9-7-20(8-10-21)26(33)28-15-24(32)35-16-23(31)27-14-22(30)29-25-18(3)12-17(2)13-19(25)4/h7-10,12-13H,5-6,11,14-16H2,1-4H3,(H,27,31)(H,28,33)(H,29,30). The third-order valence-electron chi connectivity index (χ3n) is 5.03. The first kappa shape index (κ1) is 27.4. The summed E-state index contributed by atoms with van der Waals surface area (Å²) in [6.45, 7) is 7.22. The van der Waals surface area contributed by atoms with Gasteiger partial charge in [0.1, 0.15) is 12.3 Å². The second-order valence-corrected chi connectivity index (χ2v) is 8.17. The van der Waals surface area contributed by atoms with Gasteiger partial charge in [0.2, 0.25) is 5.91 Å². The van der Waals surface area contributed by atoms with E-state index < -0.39 is 36.8 Å². The van der Waals surface area contributed by atoms with Crippen LogP contribution >= 0.6 is 0 Å². The highest BCUT2D eigenvalue weighted by atomic mass is 16.5. The summed E-state index contributed by atoms with van der Waals surface area (Å²) >= 11 is 0. The highest BCUT2D eigenvalue weighted by Crippen LogP contribution is 2.21. The Morgan fingerprint density at radius 2 is 1.51 bits per heavy atom. The summed E-state index contributed by atoms with van der Waals surface area (Å²) in [6.07, 6.45) is 1.98. The number of amides is 3. The molecule has 188 valence electrons. The first-order chi connectivity index (χ1) is 16.7. The maximum Gasteiger partial charge on any atom is 0.325 e. The van der Waals surface area contributed by atoms with E-state index in [0.29, 0.717) is 23.6 Å². The van der Waals surface area contributed by atoms with Crippen molar-refractivity contribution in [2.75, 3.05) is 31.6 Å². The molecular formula is C26H33N3O6. The van der Waals surface area contributed by atoms with Crippen LogP contribution in [0.25, 0.3) is 0 Å². The molecule has 0 radical (unpaired) electrons. The number of ether oxygens (including phenoxy) is 2. The van der Waals surface area contributed by atoms with Crippen LogP contribution in [0.2, 0.25) is 0 Å². The van der Waals surface area contributed by atoms with Gasteiger partial charge in [0.15, 0.2) is 6.61 Å². The van der Waals surface area contributed by atoms with Gasteiger partial charge in [-0.25, -0.2) is 0 Å². The number of hydrogen-bond acceptors (Lipinski definition) is 6. The Kier molecular flexibility index (Phi) is 10.7. The van der Waals surface area contributed by atoms with Gasteiger partial charge in [0.05, 0.1) is 13.2 Å². The van der Waals surface area contributed by atoms with E-state index in [1.807, 2.05) is 32.9 Å². The molecule has 2 aromatic carbocycles. The Morgan fingerprint density at radius 1 is 0.857 bits per heavy atom. The van der Waals surface area contributed by atoms with Crippen LogP contribution in [0.4, 0.5) is 5.69 Å². The summed E-state index contributed by atoms with van der Waals surface area (Å²) in [5, 5.41) is 7.60. The largest absolute Gasteiger partial charge is 0.494 e. The highest BCUT2D eigenvalue weighted by molar-refractivity contribution is 5.97. The molecule has 0 atom stereocenters. The predicted molar refractivity (Wildman–Crippen MR) is 132 cm³/mol. The van der Waals surface area contributed by atoms with Crippen molar-refractivity contribution in [3.63, 3.8) is 0 Å². The van der Waals surface area contributed by atoms with Gasteiger partial charge in [-0.05, 0) is 62.6 Å². The van der Waals surface area contributed by atoms with Crippen molar-refractivity contribution in [3.8, 4) is 5.75 Å². The van der Waals surface area contributed by atoms with Gasteiger partial charge < -0.3 is 25.4 Å². The Morgan fingerprint density at radius 3 is 2.14 bits per heavy atom. The summed E-state index contributed by atoms with van der Waals surface area (Å²) in [5.41, 5.74) is 4.01. The Balaban J connectivity index is 1.67. The normalized spacial score (nSPS) is 10.3. The maximum absolute atomic E-state index is 12.2. The third kappa shape index (κ3) is 9.48. The van der Waals surface area contributed by atoms with E-state index in [2.05, 4.69) is 22.9 Å². The summed E-state index contributed by atoms with van der Waals surface area (Å²) in [5.74, 6) is -1.59. The molecule has 0 saturated carbocycles. The summed E-state index contributed by atoms with van der Waals surface area (Å²) in [7, 11) is 0. The summed E-state index contributed by atoms with van der Waals surface area (Å²) in [4.78, 5) is 48.1. The fourth-order valence-corrected chi connectivity index (χ4v) is 3.28. The van der Waals surface area contributed by atoms with Crippen LogP contribution in [0.5, 0.6) is 5.75 Å². The molecular weight excluding hydrogens is 450 g/mol. The maximum atomic E-state index is 12.2. The molecule has 0 saturated heterocycles. The van der Waals surface area contributed by atoms with E-state index in [-0.39, 0.29) is 6.54 Å². The number of unbranched alkanes of at least 4 members (excludes halogenated alkanes) is 1. The second kappa shape index (κ2) is 13.7. The topological polar surface area (TPSA) is 123 Å². The van der Waals surface area contributed by atoms with E-state index in [4.69, 9.17) is 9.47 Å². The lowest BCUT2D eigenvalue weighted by atomic mass is 10.1. The number of esters is 1. The Labute approximate surface area is 205 Å². The van der Waals surface area contributed by atoms with Crippen LogP contribution in [-0.2, 0) is 19.1 Å². The molecule has 0 aliphatic carbocycles. The average Bonchev–Trinajstić information content (AvgIpc) is 2.82. The lowest BCUT2D eigenvalue weighted by Gasteiger charge is -2.13. The van der Waals surface area contributed by atoms with Gasteiger partial charge >= 0.3 is 5.97 Å². The fourth-order valence-electron chi connectivity index (χ4n) is 3.28. The van der Waals surface area contributed by atoms with Crippen molar-refractivity contribution in [2.24, 2.45) is 0 Å². The predicted octanol–water partition coefficient (Wildman–Crippen LogP) is 2.82. The van der Waals surface area contributed by atoms with Gasteiger partial charge in [-0.1, -0.05) is 31.0 Å². The number of rotatable bonds is 12. The molecule has 2 rings (SSSR count). The van der Waals surface area contributed by atoms with Crippen LogP contribution in [0.3, 0.4) is 0 Å². The van der Waals surface area contributed by atoms with Crippen LogP contribution in [0, 0.1) is 20.8 Å². The van der Waals surface area contributed by atoms with E-state index in [1.165, 1.54) is 0 Å². The van der Waals surface area contributed by atoms with Crippen LogP contribution in [0.15, 0.2) is 36.4 Å². The molecule has 9 heteroatoms. The number of aryl methyl sites for hydroxylation is 3. The average molecular weight is 484 g/mol. The van der Waals surface area contributed by atoms with Crippen LogP contribution in [0.1, 0.15) is 46.8 Å². The lowest BCUT2D eigenvalue weighted by molar-refractivity contribution is -0.147. The highest BCUT2D eigenvalue weighted by Gasteiger charge is 2.13. The SMILES string of the molecule is CCCCOc1ccc(C(=O)NCC(=O)OCC(=O)NCC(=O)Nc2c(C)cc(C)cc2C)cc1. The Bertz CT molecular complexity index is 1030. The quantitative estimate of drug-likeness (QED) is 0.315.